The number of aromatic nitrogens is 2. The van der Waals surface area contributed by atoms with Crippen LogP contribution in [0.15, 0.2) is 17.1 Å². The lowest BCUT2D eigenvalue weighted by atomic mass is 10.2. The van der Waals surface area contributed by atoms with Crippen LogP contribution in [0.25, 0.3) is 6.08 Å². The molecule has 1 aromatic heterocycles. The van der Waals surface area contributed by atoms with Crippen molar-refractivity contribution in [2.24, 2.45) is 0 Å². The molecule has 0 bridgehead atoms. The van der Waals surface area contributed by atoms with Crippen LogP contribution >= 0.6 is 0 Å². The highest BCUT2D eigenvalue weighted by atomic mass is 16.5. The van der Waals surface area contributed by atoms with Crippen molar-refractivity contribution in [2.45, 2.75) is 31.8 Å². The number of allylic oxidation sites excluding steroid dienone is 1. The Morgan fingerprint density at radius 1 is 1.68 bits per heavy atom. The number of hydrogen-bond acceptors (Lipinski definition) is 6. The predicted molar refractivity (Wildman–Crippen MR) is 69.2 cm³/mol. The molecule has 3 unspecified atom stereocenters. The lowest BCUT2D eigenvalue weighted by molar-refractivity contribution is -0.0458. The lowest BCUT2D eigenvalue weighted by Crippen LogP contribution is -2.28. The molecule has 7 nitrogen and oxygen atoms in total. The molecular formula is C12H17N3O4. The average Bonchev–Trinajstić information content (AvgIpc) is 2.74. The molecule has 1 aliphatic heterocycles. The van der Waals surface area contributed by atoms with Gasteiger partial charge in [0.1, 0.15) is 18.1 Å². The van der Waals surface area contributed by atoms with Crippen LogP contribution in [0.5, 0.6) is 0 Å². The van der Waals surface area contributed by atoms with Crippen LogP contribution in [-0.2, 0) is 4.74 Å². The van der Waals surface area contributed by atoms with E-state index in [1.807, 2.05) is 6.92 Å². The maximum Gasteiger partial charge on any atom is 0.351 e. The molecule has 1 aliphatic rings. The van der Waals surface area contributed by atoms with E-state index in [9.17, 15) is 9.90 Å². The Morgan fingerprint density at radius 2 is 2.42 bits per heavy atom. The molecule has 0 amide bonds. The SMILES string of the molecule is C/C=C\c1cn(C2CC(O)C(CO)O2)c(=O)nc1N. The Labute approximate surface area is 110 Å². The Hall–Kier alpha value is -1.70. The van der Waals surface area contributed by atoms with Gasteiger partial charge in [0.05, 0.1) is 12.7 Å². The highest BCUT2D eigenvalue weighted by Gasteiger charge is 2.35. The van der Waals surface area contributed by atoms with Crippen molar-refractivity contribution in [1.29, 1.82) is 0 Å². The molecule has 0 aliphatic carbocycles. The monoisotopic (exact) mass is 267 g/mol. The minimum atomic E-state index is -0.801. The highest BCUT2D eigenvalue weighted by molar-refractivity contribution is 5.59. The summed E-state index contributed by atoms with van der Waals surface area (Å²) in [5, 5.41) is 18.7. The third-order valence-electron chi connectivity index (χ3n) is 3.05. The van der Waals surface area contributed by atoms with Crippen LogP contribution in [0.4, 0.5) is 5.82 Å². The number of aliphatic hydroxyl groups excluding tert-OH is 2. The van der Waals surface area contributed by atoms with E-state index in [0.29, 0.717) is 5.56 Å². The summed E-state index contributed by atoms with van der Waals surface area (Å²) in [6.45, 7) is 1.53. The van der Waals surface area contributed by atoms with Gasteiger partial charge in [0, 0.05) is 18.2 Å². The Balaban J connectivity index is 2.35. The molecule has 4 N–H and O–H groups in total. The zero-order valence-corrected chi connectivity index (χ0v) is 10.6. The van der Waals surface area contributed by atoms with Gasteiger partial charge in [-0.1, -0.05) is 12.2 Å². The predicted octanol–water partition coefficient (Wildman–Crippen LogP) is -0.501. The number of nitrogens with two attached hydrogens (primary N) is 1. The standard InChI is InChI=1S/C12H17N3O4/c1-2-3-7-5-15(12(18)14-11(7)13)10-4-8(17)9(6-16)19-10/h2-3,5,8-10,16-17H,4,6H2,1H3,(H2,13,14,18)/b3-2-. The summed E-state index contributed by atoms with van der Waals surface area (Å²) in [5.74, 6) is 0.150. The van der Waals surface area contributed by atoms with Crippen molar-refractivity contribution in [3.05, 3.63) is 28.3 Å². The second-order valence-electron chi connectivity index (χ2n) is 4.39. The highest BCUT2D eigenvalue weighted by Crippen LogP contribution is 2.27. The summed E-state index contributed by atoms with van der Waals surface area (Å²) in [7, 11) is 0. The molecule has 1 saturated heterocycles. The first kappa shape index (κ1) is 13.7. The quantitative estimate of drug-likeness (QED) is 0.681. The largest absolute Gasteiger partial charge is 0.394 e. The van der Waals surface area contributed by atoms with Gasteiger partial charge in [-0.15, -0.1) is 0 Å². The second-order valence-corrected chi connectivity index (χ2v) is 4.39. The summed E-state index contributed by atoms with van der Waals surface area (Å²) in [6, 6.07) is 0. The molecule has 104 valence electrons. The Bertz CT molecular complexity index is 540. The number of nitrogen functional groups attached to an aromatic ring is 1. The molecule has 3 atom stereocenters. The third-order valence-corrected chi connectivity index (χ3v) is 3.05. The number of hydrogen-bond donors (Lipinski definition) is 3. The minimum absolute atomic E-state index is 0.150. The molecule has 0 radical (unpaired) electrons. The van der Waals surface area contributed by atoms with E-state index in [1.54, 1.807) is 18.3 Å². The van der Waals surface area contributed by atoms with Crippen molar-refractivity contribution in [3.63, 3.8) is 0 Å². The van der Waals surface area contributed by atoms with Gasteiger partial charge in [-0.25, -0.2) is 4.79 Å². The lowest BCUT2D eigenvalue weighted by Gasteiger charge is -2.15. The summed E-state index contributed by atoms with van der Waals surface area (Å²) >= 11 is 0. The molecular weight excluding hydrogens is 250 g/mol. The fourth-order valence-electron chi connectivity index (χ4n) is 2.06. The number of anilines is 1. The zero-order valence-electron chi connectivity index (χ0n) is 10.6. The van der Waals surface area contributed by atoms with Crippen molar-refractivity contribution in [1.82, 2.24) is 9.55 Å². The molecule has 2 heterocycles. The van der Waals surface area contributed by atoms with E-state index in [1.165, 1.54) is 4.57 Å². The van der Waals surface area contributed by atoms with E-state index in [4.69, 9.17) is 15.6 Å². The molecule has 0 spiro atoms. The van der Waals surface area contributed by atoms with Crippen LogP contribution < -0.4 is 11.4 Å². The molecule has 2 rings (SSSR count). The molecule has 0 aromatic carbocycles. The topological polar surface area (TPSA) is 111 Å². The van der Waals surface area contributed by atoms with Gasteiger partial charge in [-0.3, -0.25) is 4.57 Å². The number of nitrogens with zero attached hydrogens (tertiary/aromatic N) is 2. The first-order chi connectivity index (χ1) is 9.06. The van der Waals surface area contributed by atoms with Gasteiger partial charge in [0.25, 0.3) is 0 Å². The fraction of sp³-hybridized carbons (Fsp3) is 0.500. The molecule has 1 fully saturated rings. The van der Waals surface area contributed by atoms with Crippen LogP contribution in [0.2, 0.25) is 0 Å². The molecule has 1 aromatic rings. The van der Waals surface area contributed by atoms with Gasteiger partial charge in [-0.05, 0) is 6.92 Å². The van der Waals surface area contributed by atoms with Crippen molar-refractivity contribution in [2.75, 3.05) is 12.3 Å². The maximum absolute atomic E-state index is 11.8. The van der Waals surface area contributed by atoms with Gasteiger partial charge in [-0.2, -0.15) is 4.98 Å². The first-order valence-corrected chi connectivity index (χ1v) is 6.02. The van der Waals surface area contributed by atoms with Crippen LogP contribution in [-0.4, -0.2) is 38.6 Å². The van der Waals surface area contributed by atoms with Crippen LogP contribution in [0, 0.1) is 0 Å². The van der Waals surface area contributed by atoms with E-state index in [-0.39, 0.29) is 18.8 Å². The average molecular weight is 267 g/mol. The minimum Gasteiger partial charge on any atom is -0.394 e. The van der Waals surface area contributed by atoms with Crippen molar-refractivity contribution < 1.29 is 14.9 Å². The zero-order chi connectivity index (χ0) is 14.0. The first-order valence-electron chi connectivity index (χ1n) is 6.02. The fourth-order valence-corrected chi connectivity index (χ4v) is 2.06. The second kappa shape index (κ2) is 5.52. The normalized spacial score (nSPS) is 27.2. The summed E-state index contributed by atoms with van der Waals surface area (Å²) in [5.41, 5.74) is 5.71. The van der Waals surface area contributed by atoms with Gasteiger partial charge >= 0.3 is 5.69 Å². The van der Waals surface area contributed by atoms with Crippen molar-refractivity contribution >= 4 is 11.9 Å². The number of aliphatic hydroxyl groups is 2. The third kappa shape index (κ3) is 2.67. The van der Waals surface area contributed by atoms with E-state index < -0.39 is 24.1 Å². The Morgan fingerprint density at radius 3 is 3.00 bits per heavy atom. The number of rotatable bonds is 3. The van der Waals surface area contributed by atoms with Crippen LogP contribution in [0.3, 0.4) is 0 Å². The summed E-state index contributed by atoms with van der Waals surface area (Å²) in [6.07, 6.45) is 3.16. The smallest absolute Gasteiger partial charge is 0.351 e. The van der Waals surface area contributed by atoms with E-state index in [0.717, 1.165) is 0 Å². The summed E-state index contributed by atoms with van der Waals surface area (Å²) in [4.78, 5) is 15.5. The molecule has 19 heavy (non-hydrogen) atoms. The van der Waals surface area contributed by atoms with Gasteiger partial charge in [0.2, 0.25) is 0 Å². The molecule has 7 heteroatoms. The molecule has 0 saturated carbocycles. The number of ether oxygens (including phenoxy) is 1. The van der Waals surface area contributed by atoms with Gasteiger partial charge in [0.15, 0.2) is 0 Å². The van der Waals surface area contributed by atoms with Crippen molar-refractivity contribution in [3.8, 4) is 0 Å². The Kier molecular flexibility index (Phi) is 3.98. The maximum atomic E-state index is 11.8. The van der Waals surface area contributed by atoms with Gasteiger partial charge < -0.3 is 20.7 Å². The van der Waals surface area contributed by atoms with E-state index in [2.05, 4.69) is 4.98 Å². The van der Waals surface area contributed by atoms with Crippen LogP contribution in [0.1, 0.15) is 25.1 Å². The summed E-state index contributed by atoms with van der Waals surface area (Å²) < 4.78 is 6.70. The van der Waals surface area contributed by atoms with E-state index >= 15 is 0 Å².